The maximum Gasteiger partial charge on any atom is 0.331 e. The van der Waals surface area contributed by atoms with Crippen molar-refractivity contribution in [2.75, 3.05) is 0 Å². The lowest BCUT2D eigenvalue weighted by Crippen LogP contribution is -2.43. The number of nitrogens with one attached hydrogen (secondary N) is 1. The average molecular weight is 362 g/mol. The van der Waals surface area contributed by atoms with Crippen LogP contribution in [0.3, 0.4) is 0 Å². The summed E-state index contributed by atoms with van der Waals surface area (Å²) in [5, 5.41) is 10.1. The summed E-state index contributed by atoms with van der Waals surface area (Å²) in [6, 6.07) is 7.62. The summed E-state index contributed by atoms with van der Waals surface area (Å²) in [6.45, 7) is 2.12. The number of nitrogens with zero attached hydrogens (tertiary/aromatic N) is 3. The molecule has 0 radical (unpaired) electrons. The lowest BCUT2D eigenvalue weighted by Gasteiger charge is -2.10. The molecule has 1 aliphatic heterocycles. The SMILES string of the molecule is CCc1cccc2c(C(=O)Cn3c(=O)c(C#N)c4n(c3=O)CCC4)c[nH]c12. The van der Waals surface area contributed by atoms with Gasteiger partial charge in [-0.05, 0) is 24.8 Å². The zero-order valence-corrected chi connectivity index (χ0v) is 14.9. The Balaban J connectivity index is 1.80. The Bertz CT molecular complexity index is 1240. The minimum atomic E-state index is -0.682. The van der Waals surface area contributed by atoms with Gasteiger partial charge < -0.3 is 4.98 Å². The number of hydrogen-bond acceptors (Lipinski definition) is 4. The molecular formula is C20H18N4O3. The van der Waals surface area contributed by atoms with Crippen LogP contribution in [0.2, 0.25) is 0 Å². The van der Waals surface area contributed by atoms with Crippen LogP contribution in [0.25, 0.3) is 10.9 Å². The molecule has 3 aromatic rings. The Kier molecular flexibility index (Phi) is 4.04. The van der Waals surface area contributed by atoms with E-state index in [2.05, 4.69) is 4.98 Å². The van der Waals surface area contributed by atoms with Gasteiger partial charge in [-0.3, -0.25) is 18.7 Å². The third-order valence-electron chi connectivity index (χ3n) is 5.23. The zero-order chi connectivity index (χ0) is 19.1. The van der Waals surface area contributed by atoms with Crippen LogP contribution in [-0.4, -0.2) is 19.9 Å². The van der Waals surface area contributed by atoms with Gasteiger partial charge in [-0.15, -0.1) is 0 Å². The van der Waals surface area contributed by atoms with Gasteiger partial charge in [-0.2, -0.15) is 5.26 Å². The molecule has 0 amide bonds. The van der Waals surface area contributed by atoms with Crippen LogP contribution in [0.1, 0.15) is 40.5 Å². The highest BCUT2D eigenvalue weighted by Crippen LogP contribution is 2.23. The van der Waals surface area contributed by atoms with Crippen LogP contribution in [0, 0.1) is 11.3 Å². The molecule has 0 saturated heterocycles. The summed E-state index contributed by atoms with van der Waals surface area (Å²) < 4.78 is 2.33. The predicted molar refractivity (Wildman–Crippen MR) is 100 cm³/mol. The minimum Gasteiger partial charge on any atom is -0.360 e. The molecule has 7 nitrogen and oxygen atoms in total. The number of ketones is 1. The molecule has 0 bridgehead atoms. The van der Waals surface area contributed by atoms with Crippen LogP contribution in [0.4, 0.5) is 0 Å². The number of carbonyl (C=O) groups is 1. The monoisotopic (exact) mass is 362 g/mol. The van der Waals surface area contributed by atoms with E-state index in [1.807, 2.05) is 31.2 Å². The lowest BCUT2D eigenvalue weighted by atomic mass is 10.0. The van der Waals surface area contributed by atoms with Gasteiger partial charge in [0.05, 0.1) is 6.54 Å². The number of nitriles is 1. The highest BCUT2D eigenvalue weighted by atomic mass is 16.2. The quantitative estimate of drug-likeness (QED) is 0.715. The lowest BCUT2D eigenvalue weighted by molar-refractivity contribution is 0.0970. The highest BCUT2D eigenvalue weighted by Gasteiger charge is 2.24. The first kappa shape index (κ1) is 17.0. The molecule has 136 valence electrons. The molecule has 0 fully saturated rings. The van der Waals surface area contributed by atoms with E-state index in [0.717, 1.165) is 27.5 Å². The fourth-order valence-corrected chi connectivity index (χ4v) is 3.86. The van der Waals surface area contributed by atoms with E-state index >= 15 is 0 Å². The number of H-pyrrole nitrogens is 1. The average Bonchev–Trinajstić information content (AvgIpc) is 3.32. The number of aryl methyl sites for hydroxylation is 1. The molecule has 0 spiro atoms. The van der Waals surface area contributed by atoms with Crippen LogP contribution in [-0.2, 0) is 25.9 Å². The predicted octanol–water partition coefficient (Wildman–Crippen LogP) is 1.75. The Morgan fingerprint density at radius 1 is 1.33 bits per heavy atom. The number of aromatic amines is 1. The normalized spacial score (nSPS) is 12.9. The third-order valence-corrected chi connectivity index (χ3v) is 5.23. The minimum absolute atomic E-state index is 0.0351. The molecule has 7 heteroatoms. The number of rotatable bonds is 4. The van der Waals surface area contributed by atoms with Crippen molar-refractivity contribution in [3.63, 3.8) is 0 Å². The van der Waals surface area contributed by atoms with E-state index in [-0.39, 0.29) is 17.9 Å². The number of hydrogen-bond donors (Lipinski definition) is 1. The fourth-order valence-electron chi connectivity index (χ4n) is 3.86. The summed E-state index contributed by atoms with van der Waals surface area (Å²) >= 11 is 0. The van der Waals surface area contributed by atoms with Gasteiger partial charge in [-0.25, -0.2) is 4.79 Å². The molecule has 0 aliphatic carbocycles. The number of fused-ring (bicyclic) bond motifs is 2. The van der Waals surface area contributed by atoms with E-state index in [1.165, 1.54) is 4.57 Å². The van der Waals surface area contributed by atoms with Crippen LogP contribution in [0.5, 0.6) is 0 Å². The van der Waals surface area contributed by atoms with Crippen LogP contribution < -0.4 is 11.2 Å². The van der Waals surface area contributed by atoms with Gasteiger partial charge in [0.15, 0.2) is 5.78 Å². The van der Waals surface area contributed by atoms with Crippen molar-refractivity contribution in [2.24, 2.45) is 0 Å². The van der Waals surface area contributed by atoms with Crippen molar-refractivity contribution in [3.05, 3.63) is 67.6 Å². The highest BCUT2D eigenvalue weighted by molar-refractivity contribution is 6.08. The van der Waals surface area contributed by atoms with Crippen LogP contribution in [0.15, 0.2) is 34.0 Å². The van der Waals surface area contributed by atoms with E-state index in [4.69, 9.17) is 0 Å². The van der Waals surface area contributed by atoms with Gasteiger partial charge in [-0.1, -0.05) is 25.1 Å². The molecule has 0 unspecified atom stereocenters. The number of Topliss-reactive ketones (excluding diaryl/α,β-unsaturated/α-hetero) is 1. The molecule has 1 aliphatic rings. The van der Waals surface area contributed by atoms with E-state index in [0.29, 0.717) is 30.6 Å². The first-order chi connectivity index (χ1) is 13.1. The number of carbonyl (C=O) groups excluding carboxylic acids is 1. The fraction of sp³-hybridized carbons (Fsp3) is 0.300. The first-order valence-electron chi connectivity index (χ1n) is 8.95. The maximum atomic E-state index is 12.9. The molecular weight excluding hydrogens is 344 g/mol. The second-order valence-electron chi connectivity index (χ2n) is 6.68. The Hall–Kier alpha value is -3.40. The summed E-state index contributed by atoms with van der Waals surface area (Å²) in [4.78, 5) is 41.3. The third kappa shape index (κ3) is 2.53. The van der Waals surface area contributed by atoms with Crippen molar-refractivity contribution in [3.8, 4) is 6.07 Å². The van der Waals surface area contributed by atoms with Gasteiger partial charge in [0, 0.05) is 34.9 Å². The van der Waals surface area contributed by atoms with Crippen molar-refractivity contribution in [1.82, 2.24) is 14.1 Å². The summed E-state index contributed by atoms with van der Waals surface area (Å²) in [7, 11) is 0. The Morgan fingerprint density at radius 3 is 2.89 bits per heavy atom. The second-order valence-corrected chi connectivity index (χ2v) is 6.68. The van der Waals surface area contributed by atoms with Gasteiger partial charge in [0.1, 0.15) is 11.6 Å². The maximum absolute atomic E-state index is 12.9. The van der Waals surface area contributed by atoms with Crippen molar-refractivity contribution >= 4 is 16.7 Å². The first-order valence-corrected chi connectivity index (χ1v) is 8.95. The van der Waals surface area contributed by atoms with Gasteiger partial charge in [0.2, 0.25) is 0 Å². The molecule has 2 aromatic heterocycles. The molecule has 27 heavy (non-hydrogen) atoms. The van der Waals surface area contributed by atoms with Gasteiger partial charge in [0.25, 0.3) is 5.56 Å². The van der Waals surface area contributed by atoms with Crippen molar-refractivity contribution in [2.45, 2.75) is 39.3 Å². The topological polar surface area (TPSA) is 101 Å². The number of benzene rings is 1. The van der Waals surface area contributed by atoms with E-state index in [1.54, 1.807) is 6.20 Å². The summed E-state index contributed by atoms with van der Waals surface area (Å²) in [6.07, 6.45) is 3.68. The molecule has 4 rings (SSSR count). The smallest absolute Gasteiger partial charge is 0.331 e. The molecule has 1 aromatic carbocycles. The molecule has 0 saturated carbocycles. The van der Waals surface area contributed by atoms with E-state index < -0.39 is 11.2 Å². The van der Waals surface area contributed by atoms with E-state index in [9.17, 15) is 19.6 Å². The summed E-state index contributed by atoms with van der Waals surface area (Å²) in [5.41, 5.74) is 1.66. The Labute approximate surface area is 154 Å². The Morgan fingerprint density at radius 2 is 2.15 bits per heavy atom. The van der Waals surface area contributed by atoms with Crippen LogP contribution >= 0.6 is 0 Å². The number of aromatic nitrogens is 3. The molecule has 0 atom stereocenters. The zero-order valence-electron chi connectivity index (χ0n) is 14.9. The molecule has 3 heterocycles. The summed E-state index contributed by atoms with van der Waals surface area (Å²) in [5.74, 6) is -0.337. The van der Waals surface area contributed by atoms with Gasteiger partial charge >= 0.3 is 5.69 Å². The molecule has 1 N–H and O–H groups in total. The standard InChI is InChI=1S/C20H18N4O3/c1-2-12-5-3-6-13-15(10-22-18(12)13)17(25)11-24-19(26)14(9-21)16-7-4-8-23(16)20(24)27/h3,5-6,10,22H,2,4,7-8,11H2,1H3. The van der Waals surface area contributed by atoms with Crippen molar-refractivity contribution < 1.29 is 4.79 Å². The number of para-hydroxylation sites is 1. The van der Waals surface area contributed by atoms with Crippen molar-refractivity contribution in [1.29, 1.82) is 5.26 Å². The largest absolute Gasteiger partial charge is 0.360 e. The second kappa shape index (κ2) is 6.40.